The zero-order valence-electron chi connectivity index (χ0n) is 36.0. The van der Waals surface area contributed by atoms with Crippen molar-refractivity contribution in [3.63, 3.8) is 0 Å². The van der Waals surface area contributed by atoms with Crippen LogP contribution in [-0.2, 0) is 5.41 Å². The van der Waals surface area contributed by atoms with Crippen molar-refractivity contribution in [2.24, 2.45) is 0 Å². The molecule has 0 heterocycles. The summed E-state index contributed by atoms with van der Waals surface area (Å²) in [6, 6.07) is 77.3. The van der Waals surface area contributed by atoms with E-state index in [-0.39, 0.29) is 0 Å². The van der Waals surface area contributed by atoms with Crippen LogP contribution in [0.3, 0.4) is 0 Å². The molecule has 63 heavy (non-hydrogen) atoms. The van der Waals surface area contributed by atoms with Gasteiger partial charge in [0.05, 0.1) is 5.41 Å². The lowest BCUT2D eigenvalue weighted by Gasteiger charge is -2.32. The van der Waals surface area contributed by atoms with Gasteiger partial charge in [-0.25, -0.2) is 0 Å². The van der Waals surface area contributed by atoms with E-state index in [4.69, 9.17) is 0 Å². The number of nitrogens with zero attached hydrogens (tertiary/aromatic N) is 2. The Kier molecular flexibility index (Phi) is 8.36. The van der Waals surface area contributed by atoms with Gasteiger partial charge in [0.1, 0.15) is 0 Å². The number of rotatable bonds is 6. The van der Waals surface area contributed by atoms with E-state index in [9.17, 15) is 0 Å². The monoisotopic (exact) mass is 806 g/mol. The van der Waals surface area contributed by atoms with Crippen molar-refractivity contribution >= 4 is 55.7 Å². The molecule has 1 spiro atoms. The molecule has 12 rings (SSSR count). The molecule has 10 aromatic carbocycles. The van der Waals surface area contributed by atoms with Crippen molar-refractivity contribution in [1.29, 1.82) is 0 Å². The fraction of sp³-hybridized carbons (Fsp3) is 0.0820. The highest BCUT2D eigenvalue weighted by atomic mass is 15.1. The van der Waals surface area contributed by atoms with Crippen LogP contribution in [0.1, 0.15) is 44.5 Å². The van der Waals surface area contributed by atoms with Crippen molar-refractivity contribution in [3.8, 4) is 22.3 Å². The quantitative estimate of drug-likeness (QED) is 0.165. The van der Waals surface area contributed by atoms with E-state index in [1.165, 1.54) is 99.7 Å². The van der Waals surface area contributed by atoms with Crippen LogP contribution in [0.4, 0.5) is 34.1 Å². The molecule has 0 N–H and O–H groups in total. The Balaban J connectivity index is 1.11. The summed E-state index contributed by atoms with van der Waals surface area (Å²) in [6.45, 7) is 8.78. The van der Waals surface area contributed by atoms with Gasteiger partial charge >= 0.3 is 0 Å². The molecule has 0 aliphatic heterocycles. The number of benzene rings is 10. The molecule has 0 fully saturated rings. The Morgan fingerprint density at radius 2 is 0.825 bits per heavy atom. The third kappa shape index (κ3) is 5.57. The van der Waals surface area contributed by atoms with Gasteiger partial charge in [-0.2, -0.15) is 0 Å². The zero-order valence-corrected chi connectivity index (χ0v) is 36.0. The van der Waals surface area contributed by atoms with E-state index in [1.54, 1.807) is 0 Å². The molecule has 300 valence electrons. The third-order valence-corrected chi connectivity index (χ3v) is 13.7. The molecule has 0 radical (unpaired) electrons. The maximum atomic E-state index is 2.52. The molecule has 0 atom stereocenters. The highest BCUT2D eigenvalue weighted by Gasteiger charge is 2.52. The average molecular weight is 807 g/mol. The predicted octanol–water partition coefficient (Wildman–Crippen LogP) is 16.5. The minimum absolute atomic E-state index is 0.512. The van der Waals surface area contributed by atoms with E-state index in [0.29, 0.717) is 0 Å². The molecule has 2 aliphatic carbocycles. The van der Waals surface area contributed by atoms with Gasteiger partial charge in [0.2, 0.25) is 0 Å². The lowest BCUT2D eigenvalue weighted by Crippen LogP contribution is -2.26. The fourth-order valence-electron chi connectivity index (χ4n) is 11.1. The maximum absolute atomic E-state index is 2.52. The predicted molar refractivity (Wildman–Crippen MR) is 266 cm³/mol. The number of fused-ring (bicyclic) bond motifs is 13. The molecule has 0 aromatic heterocycles. The summed E-state index contributed by atoms with van der Waals surface area (Å²) < 4.78 is 0. The van der Waals surface area contributed by atoms with Crippen molar-refractivity contribution < 1.29 is 0 Å². The van der Waals surface area contributed by atoms with Gasteiger partial charge in [0, 0.05) is 34.1 Å². The first-order valence-electron chi connectivity index (χ1n) is 22.1. The molecule has 0 unspecified atom stereocenters. The number of anilines is 6. The largest absolute Gasteiger partial charge is 0.310 e. The number of aryl methyl sites for hydroxylation is 4. The normalized spacial score (nSPS) is 12.9. The van der Waals surface area contributed by atoms with Crippen LogP contribution in [0.25, 0.3) is 43.8 Å². The van der Waals surface area contributed by atoms with Crippen LogP contribution in [0.5, 0.6) is 0 Å². The van der Waals surface area contributed by atoms with E-state index in [0.717, 1.165) is 22.7 Å². The second-order valence-corrected chi connectivity index (χ2v) is 17.6. The number of hydrogen-bond acceptors (Lipinski definition) is 2. The second-order valence-electron chi connectivity index (χ2n) is 17.6. The maximum Gasteiger partial charge on any atom is 0.0731 e. The summed E-state index contributed by atoms with van der Waals surface area (Å²) in [5.41, 5.74) is 22.1. The van der Waals surface area contributed by atoms with Gasteiger partial charge in [-0.15, -0.1) is 0 Å². The lowest BCUT2D eigenvalue weighted by molar-refractivity contribution is 0.802. The van der Waals surface area contributed by atoms with Crippen LogP contribution >= 0.6 is 0 Å². The molecule has 0 amide bonds. The fourth-order valence-corrected chi connectivity index (χ4v) is 11.1. The topological polar surface area (TPSA) is 6.48 Å². The molecule has 2 aliphatic rings. The van der Waals surface area contributed by atoms with Crippen molar-refractivity contribution in [3.05, 3.63) is 251 Å². The Hall–Kier alpha value is -7.68. The van der Waals surface area contributed by atoms with Gasteiger partial charge in [0.25, 0.3) is 0 Å². The Morgan fingerprint density at radius 3 is 1.40 bits per heavy atom. The minimum atomic E-state index is -0.512. The van der Waals surface area contributed by atoms with E-state index in [1.807, 2.05) is 0 Å². The first kappa shape index (κ1) is 37.1. The Morgan fingerprint density at radius 1 is 0.317 bits per heavy atom. The van der Waals surface area contributed by atoms with Crippen LogP contribution in [0, 0.1) is 27.7 Å². The molecular formula is C61H46N2. The summed E-state index contributed by atoms with van der Waals surface area (Å²) >= 11 is 0. The summed E-state index contributed by atoms with van der Waals surface area (Å²) in [6.07, 6.45) is 0. The van der Waals surface area contributed by atoms with Gasteiger partial charge in [-0.3, -0.25) is 0 Å². The smallest absolute Gasteiger partial charge is 0.0731 e. The zero-order chi connectivity index (χ0) is 42.4. The summed E-state index contributed by atoms with van der Waals surface area (Å²) in [5, 5.41) is 4.97. The van der Waals surface area contributed by atoms with E-state index < -0.39 is 5.41 Å². The summed E-state index contributed by atoms with van der Waals surface area (Å²) in [4.78, 5) is 4.82. The standard InChI is InChI=1S/C61H46N2/c1-39-23-31-58(41(3)33-39)62(46-15-7-5-8-16-46)48-27-25-43-37-54-53-29-26-44-35-49(63(47-17-9-6-10-18-47)59-32-24-40(2)34-42(59)4)28-30-50(44)60(53)61(57(54)38-45(43)36-48)55-21-13-11-19-51(55)52-20-12-14-22-56(52)61/h5-38H,1-4H3. The SMILES string of the molecule is Cc1ccc(N(c2ccccc2)c2ccc3cc4c(cc3c2)C2(c3ccccc3-c3ccccc32)c2c-4ccc3cc(N(c4ccccc4)c4ccc(C)cc4C)ccc23)c(C)c1. The van der Waals surface area contributed by atoms with Gasteiger partial charge in [-0.05, 0) is 178 Å². The third-order valence-electron chi connectivity index (χ3n) is 13.7. The molecule has 2 nitrogen and oxygen atoms in total. The van der Waals surface area contributed by atoms with Gasteiger partial charge in [0.15, 0.2) is 0 Å². The van der Waals surface area contributed by atoms with Crippen molar-refractivity contribution in [2.45, 2.75) is 33.1 Å². The first-order chi connectivity index (χ1) is 30.9. The first-order valence-corrected chi connectivity index (χ1v) is 22.1. The number of para-hydroxylation sites is 2. The van der Waals surface area contributed by atoms with Crippen LogP contribution in [0.15, 0.2) is 206 Å². The molecule has 0 saturated heterocycles. The van der Waals surface area contributed by atoms with E-state index >= 15 is 0 Å². The highest BCUT2D eigenvalue weighted by Crippen LogP contribution is 2.64. The van der Waals surface area contributed by atoms with Gasteiger partial charge < -0.3 is 9.80 Å². The lowest BCUT2D eigenvalue weighted by atomic mass is 9.69. The van der Waals surface area contributed by atoms with Gasteiger partial charge in [-0.1, -0.05) is 145 Å². The Bertz CT molecular complexity index is 3410. The van der Waals surface area contributed by atoms with Crippen LogP contribution in [0.2, 0.25) is 0 Å². The molecular weight excluding hydrogens is 761 g/mol. The summed E-state index contributed by atoms with van der Waals surface area (Å²) in [7, 11) is 0. The second kappa shape index (κ2) is 14.2. The van der Waals surface area contributed by atoms with Crippen molar-refractivity contribution in [2.75, 3.05) is 9.80 Å². The molecule has 2 heteroatoms. The van der Waals surface area contributed by atoms with Crippen molar-refractivity contribution in [1.82, 2.24) is 0 Å². The average Bonchev–Trinajstić information content (AvgIpc) is 3.77. The van der Waals surface area contributed by atoms with Crippen LogP contribution < -0.4 is 9.80 Å². The minimum Gasteiger partial charge on any atom is -0.310 e. The Labute approximate surface area is 370 Å². The molecule has 10 aromatic rings. The molecule has 0 bridgehead atoms. The van der Waals surface area contributed by atoms with Crippen LogP contribution in [-0.4, -0.2) is 0 Å². The number of hydrogen-bond donors (Lipinski definition) is 0. The summed E-state index contributed by atoms with van der Waals surface area (Å²) in [5.74, 6) is 0. The highest BCUT2D eigenvalue weighted by molar-refractivity contribution is 6.07. The van der Waals surface area contributed by atoms with E-state index in [2.05, 4.69) is 244 Å². The molecule has 0 saturated carbocycles.